The van der Waals surface area contributed by atoms with Crippen LogP contribution in [0.25, 0.3) is 0 Å². The summed E-state index contributed by atoms with van der Waals surface area (Å²) in [5.41, 5.74) is 3.77. The molecule has 6 nitrogen and oxygen atoms in total. The third-order valence-corrected chi connectivity index (χ3v) is 5.94. The Kier molecular flexibility index (Phi) is 9.13. The number of halogens is 1. The number of likely N-dealkylation sites (tertiary alicyclic amines) is 1. The molecule has 4 rings (SSSR count). The van der Waals surface area contributed by atoms with Gasteiger partial charge in [0.1, 0.15) is 0 Å². The Labute approximate surface area is 202 Å². The summed E-state index contributed by atoms with van der Waals surface area (Å²) >= 11 is 0. The summed E-state index contributed by atoms with van der Waals surface area (Å²) in [7, 11) is 3.58. The number of rotatable bonds is 6. The highest BCUT2D eigenvalue weighted by Gasteiger charge is 2.41. The molecule has 0 aliphatic carbocycles. The molecule has 0 aromatic heterocycles. The number of hydrogen-bond donors (Lipinski definition) is 1. The highest BCUT2D eigenvalue weighted by Crippen LogP contribution is 2.24. The van der Waals surface area contributed by atoms with Gasteiger partial charge in [-0.2, -0.15) is 0 Å². The molecule has 2 heterocycles. The summed E-state index contributed by atoms with van der Waals surface area (Å²) < 4.78 is 11.3. The third kappa shape index (κ3) is 6.19. The van der Waals surface area contributed by atoms with Crippen LogP contribution in [-0.4, -0.2) is 68.3 Å². The largest absolute Gasteiger partial charge is 0.380 e. The quantitative estimate of drug-likeness (QED) is 0.350. The minimum Gasteiger partial charge on any atom is -0.380 e. The number of aliphatic imine (C=N–C) groups is 1. The van der Waals surface area contributed by atoms with Crippen molar-refractivity contribution in [2.24, 2.45) is 4.99 Å². The van der Waals surface area contributed by atoms with Gasteiger partial charge in [-0.05, 0) is 16.7 Å². The van der Waals surface area contributed by atoms with E-state index in [1.165, 1.54) is 16.7 Å². The summed E-state index contributed by atoms with van der Waals surface area (Å²) in [6.45, 7) is 5.95. The van der Waals surface area contributed by atoms with E-state index >= 15 is 0 Å². The van der Waals surface area contributed by atoms with Crippen molar-refractivity contribution in [2.75, 3.05) is 40.4 Å². The van der Waals surface area contributed by atoms with E-state index in [2.05, 4.69) is 74.7 Å². The van der Waals surface area contributed by atoms with E-state index < -0.39 is 0 Å². The van der Waals surface area contributed by atoms with Crippen molar-refractivity contribution in [1.29, 1.82) is 0 Å². The predicted molar refractivity (Wildman–Crippen MR) is 135 cm³/mol. The van der Waals surface area contributed by atoms with Gasteiger partial charge in [-0.1, -0.05) is 54.6 Å². The maximum atomic E-state index is 6.12. The molecule has 2 aromatic carbocycles. The number of guanidine groups is 1. The SMILES string of the molecule is CN=C(NCc1ccc(COC)cc1)N1CC2OCCN(Cc3ccccc3)C2C1.I. The molecule has 2 aliphatic rings. The first-order valence-corrected chi connectivity index (χ1v) is 10.7. The Hall–Kier alpha value is -1.68. The van der Waals surface area contributed by atoms with E-state index in [-0.39, 0.29) is 30.1 Å². The van der Waals surface area contributed by atoms with Gasteiger partial charge < -0.3 is 19.7 Å². The third-order valence-electron chi connectivity index (χ3n) is 5.94. The van der Waals surface area contributed by atoms with Crippen LogP contribution in [0.3, 0.4) is 0 Å². The zero-order chi connectivity index (χ0) is 20.8. The Morgan fingerprint density at radius 3 is 2.52 bits per heavy atom. The fourth-order valence-corrected chi connectivity index (χ4v) is 4.38. The van der Waals surface area contributed by atoms with E-state index in [1.54, 1.807) is 7.11 Å². The van der Waals surface area contributed by atoms with Crippen LogP contribution in [-0.2, 0) is 29.2 Å². The van der Waals surface area contributed by atoms with Crippen molar-refractivity contribution < 1.29 is 9.47 Å². The lowest BCUT2D eigenvalue weighted by atomic mass is 10.1. The molecule has 0 radical (unpaired) electrons. The molecular formula is C24H33IN4O2. The van der Waals surface area contributed by atoms with E-state index in [0.717, 1.165) is 45.3 Å². The van der Waals surface area contributed by atoms with Gasteiger partial charge >= 0.3 is 0 Å². The number of fused-ring (bicyclic) bond motifs is 1. The first kappa shape index (κ1) is 24.0. The van der Waals surface area contributed by atoms with Gasteiger partial charge in [0.25, 0.3) is 0 Å². The number of benzene rings is 2. The second-order valence-electron chi connectivity index (χ2n) is 7.99. The van der Waals surface area contributed by atoms with Gasteiger partial charge in [0.05, 0.1) is 25.4 Å². The molecule has 2 unspecified atom stereocenters. The second-order valence-corrected chi connectivity index (χ2v) is 7.99. The number of methoxy groups -OCH3 is 1. The first-order valence-electron chi connectivity index (χ1n) is 10.7. The lowest BCUT2D eigenvalue weighted by molar-refractivity contribution is -0.0502. The van der Waals surface area contributed by atoms with Gasteiger partial charge in [-0.3, -0.25) is 9.89 Å². The van der Waals surface area contributed by atoms with Crippen molar-refractivity contribution in [3.05, 3.63) is 71.3 Å². The normalized spacial score (nSPS) is 21.5. The zero-order valence-corrected chi connectivity index (χ0v) is 20.7. The maximum Gasteiger partial charge on any atom is 0.194 e. The Morgan fingerprint density at radius 2 is 1.81 bits per heavy atom. The average Bonchev–Trinajstić information content (AvgIpc) is 3.21. The van der Waals surface area contributed by atoms with Crippen molar-refractivity contribution in [1.82, 2.24) is 15.1 Å². The standard InChI is InChI=1S/C24H32N4O2.HI/c1-25-24(26-14-19-8-10-21(11-9-19)18-29-2)28-16-22-23(17-28)30-13-12-27(22)15-20-6-4-3-5-7-20;/h3-11,22-23H,12-18H2,1-2H3,(H,25,26);1H. The van der Waals surface area contributed by atoms with Gasteiger partial charge in [0.2, 0.25) is 0 Å². The molecule has 0 spiro atoms. The molecule has 2 atom stereocenters. The van der Waals surface area contributed by atoms with Gasteiger partial charge in [-0.25, -0.2) is 0 Å². The smallest absolute Gasteiger partial charge is 0.194 e. The van der Waals surface area contributed by atoms with Crippen LogP contribution in [0, 0.1) is 0 Å². The molecule has 31 heavy (non-hydrogen) atoms. The monoisotopic (exact) mass is 536 g/mol. The minimum absolute atomic E-state index is 0. The molecule has 0 bridgehead atoms. The molecule has 7 heteroatoms. The Morgan fingerprint density at radius 1 is 1.06 bits per heavy atom. The maximum absolute atomic E-state index is 6.12. The van der Waals surface area contributed by atoms with Crippen LogP contribution in [0.5, 0.6) is 0 Å². The number of nitrogens with one attached hydrogen (secondary N) is 1. The van der Waals surface area contributed by atoms with Crippen molar-refractivity contribution in [2.45, 2.75) is 31.8 Å². The molecule has 2 aromatic rings. The number of hydrogen-bond acceptors (Lipinski definition) is 4. The summed E-state index contributed by atoms with van der Waals surface area (Å²) in [6, 6.07) is 19.6. The van der Waals surface area contributed by atoms with Gasteiger partial charge in [0, 0.05) is 46.9 Å². The Bertz CT molecular complexity index is 831. The van der Waals surface area contributed by atoms with E-state index in [1.807, 2.05) is 7.05 Å². The van der Waals surface area contributed by atoms with Crippen LogP contribution >= 0.6 is 24.0 Å². The molecule has 168 valence electrons. The fourth-order valence-electron chi connectivity index (χ4n) is 4.38. The molecule has 2 saturated heterocycles. The van der Waals surface area contributed by atoms with Crippen LogP contribution in [0.2, 0.25) is 0 Å². The van der Waals surface area contributed by atoms with Crippen LogP contribution in [0.1, 0.15) is 16.7 Å². The van der Waals surface area contributed by atoms with Gasteiger partial charge in [0.15, 0.2) is 5.96 Å². The van der Waals surface area contributed by atoms with E-state index in [4.69, 9.17) is 9.47 Å². The molecule has 0 amide bonds. The molecule has 1 N–H and O–H groups in total. The molecule has 2 fully saturated rings. The number of morpholine rings is 1. The second kappa shape index (κ2) is 11.8. The summed E-state index contributed by atoms with van der Waals surface area (Å²) in [4.78, 5) is 9.43. The molecular weight excluding hydrogens is 503 g/mol. The van der Waals surface area contributed by atoms with Gasteiger partial charge in [-0.15, -0.1) is 24.0 Å². The summed E-state index contributed by atoms with van der Waals surface area (Å²) in [6.07, 6.45) is 0.231. The molecule has 2 aliphatic heterocycles. The minimum atomic E-state index is 0. The van der Waals surface area contributed by atoms with Crippen LogP contribution in [0.15, 0.2) is 59.6 Å². The predicted octanol–water partition coefficient (Wildman–Crippen LogP) is 3.11. The zero-order valence-electron chi connectivity index (χ0n) is 18.4. The van der Waals surface area contributed by atoms with Crippen molar-refractivity contribution >= 4 is 29.9 Å². The van der Waals surface area contributed by atoms with E-state index in [0.29, 0.717) is 12.6 Å². The molecule has 0 saturated carbocycles. The van der Waals surface area contributed by atoms with Crippen LogP contribution < -0.4 is 5.32 Å². The van der Waals surface area contributed by atoms with Crippen molar-refractivity contribution in [3.8, 4) is 0 Å². The topological polar surface area (TPSA) is 49.3 Å². The highest BCUT2D eigenvalue weighted by molar-refractivity contribution is 14.0. The van der Waals surface area contributed by atoms with Crippen molar-refractivity contribution in [3.63, 3.8) is 0 Å². The summed E-state index contributed by atoms with van der Waals surface area (Å²) in [5.74, 6) is 0.939. The lowest BCUT2D eigenvalue weighted by Crippen LogP contribution is -2.50. The Balaban J connectivity index is 0.00000272. The number of nitrogens with zero attached hydrogens (tertiary/aromatic N) is 3. The average molecular weight is 536 g/mol. The fraction of sp³-hybridized carbons (Fsp3) is 0.458. The summed E-state index contributed by atoms with van der Waals surface area (Å²) in [5, 5.41) is 3.52. The first-order chi connectivity index (χ1) is 14.8. The van der Waals surface area contributed by atoms with E-state index in [9.17, 15) is 0 Å². The lowest BCUT2D eigenvalue weighted by Gasteiger charge is -2.36. The highest BCUT2D eigenvalue weighted by atomic mass is 127. The van der Waals surface area contributed by atoms with Crippen LogP contribution in [0.4, 0.5) is 0 Å². The number of ether oxygens (including phenoxy) is 2.